The van der Waals surface area contributed by atoms with Crippen molar-refractivity contribution < 1.29 is 37.8 Å². The maximum absolute atomic E-state index is 15.5. The molecule has 7 aromatic carbocycles. The Labute approximate surface area is 544 Å². The van der Waals surface area contributed by atoms with E-state index in [4.69, 9.17) is 18.6 Å². The summed E-state index contributed by atoms with van der Waals surface area (Å²) in [5.74, 6) is -0.284. The highest BCUT2D eigenvalue weighted by Gasteiger charge is 2.44. The molecule has 3 N–H and O–H groups in total. The Hall–Kier alpha value is -7.46. The van der Waals surface area contributed by atoms with Crippen LogP contribution in [0.4, 0.5) is 0 Å². The van der Waals surface area contributed by atoms with Gasteiger partial charge in [0.15, 0.2) is 8.32 Å². The van der Waals surface area contributed by atoms with Crippen molar-refractivity contribution in [2.24, 2.45) is 5.92 Å². The largest absolute Gasteiger partial charge is 0.497 e. The summed E-state index contributed by atoms with van der Waals surface area (Å²) >= 11 is 3.39. The molecule has 0 fully saturated rings. The van der Waals surface area contributed by atoms with Gasteiger partial charge >= 0.3 is 5.97 Å². The van der Waals surface area contributed by atoms with Crippen LogP contribution in [0.25, 0.3) is 0 Å². The Kier molecular flexibility index (Phi) is 26.5. The van der Waals surface area contributed by atoms with Crippen LogP contribution in [-0.4, -0.2) is 87.6 Å². The fourth-order valence-corrected chi connectivity index (χ4v) is 15.1. The molecule has 5 atom stereocenters. The zero-order chi connectivity index (χ0) is 64.6. The van der Waals surface area contributed by atoms with Crippen LogP contribution in [0.1, 0.15) is 106 Å². The minimum atomic E-state index is -2.57. The number of methoxy groups -OCH3 is 1. The van der Waals surface area contributed by atoms with E-state index in [2.05, 4.69) is 186 Å². The highest BCUT2D eigenvalue weighted by Crippen LogP contribution is 2.50. The van der Waals surface area contributed by atoms with Crippen molar-refractivity contribution >= 4 is 55.5 Å². The van der Waals surface area contributed by atoms with E-state index >= 15 is 4.79 Å². The lowest BCUT2D eigenvalue weighted by molar-refractivity contribution is -0.145. The van der Waals surface area contributed by atoms with E-state index in [0.717, 1.165) is 33.8 Å². The van der Waals surface area contributed by atoms with E-state index in [1.807, 2.05) is 115 Å². The molecule has 7 rings (SSSR count). The number of amides is 3. The van der Waals surface area contributed by atoms with Crippen molar-refractivity contribution in [3.8, 4) is 5.75 Å². The van der Waals surface area contributed by atoms with E-state index in [0.29, 0.717) is 12.8 Å². The number of benzene rings is 7. The second-order valence-electron chi connectivity index (χ2n) is 24.5. The van der Waals surface area contributed by atoms with Gasteiger partial charge < -0.3 is 34.6 Å². The van der Waals surface area contributed by atoms with Gasteiger partial charge in [0.25, 0.3) is 0 Å². The van der Waals surface area contributed by atoms with Gasteiger partial charge in [0.2, 0.25) is 17.7 Å². The lowest BCUT2D eigenvalue weighted by Gasteiger charge is -2.42. The van der Waals surface area contributed by atoms with Gasteiger partial charge in [-0.05, 0) is 101 Å². The van der Waals surface area contributed by atoms with Crippen molar-refractivity contribution in [1.29, 1.82) is 0 Å². The summed E-state index contributed by atoms with van der Waals surface area (Å²) in [4.78, 5) is 58.4. The number of hydrogen-bond acceptors (Lipinski definition) is 10. The van der Waals surface area contributed by atoms with Crippen LogP contribution in [0.3, 0.4) is 0 Å². The molecule has 474 valence electrons. The third kappa shape index (κ3) is 19.3. The van der Waals surface area contributed by atoms with E-state index in [9.17, 15) is 14.4 Å². The molecule has 0 aromatic heterocycles. The molecule has 3 amide bonds. The molecule has 11 nitrogen and oxygen atoms in total. The van der Waals surface area contributed by atoms with Crippen molar-refractivity contribution in [3.05, 3.63) is 270 Å². The summed E-state index contributed by atoms with van der Waals surface area (Å²) in [6.07, 6.45) is 5.05. The molecule has 0 aliphatic rings. The minimum absolute atomic E-state index is 0.0352. The maximum Gasteiger partial charge on any atom is 0.308 e. The number of allylic oxidation sites excluding steroid dienone is 1. The molecule has 0 spiro atoms. The molecule has 0 saturated heterocycles. The van der Waals surface area contributed by atoms with E-state index in [-0.39, 0.29) is 42.8 Å². The molecular formula is C76H91N3O8S2Si. The average molecular weight is 1270 g/mol. The lowest BCUT2D eigenvalue weighted by Crippen LogP contribution is -2.58. The number of thioether (sulfide) groups is 2. The van der Waals surface area contributed by atoms with Crippen LogP contribution < -0.4 is 20.7 Å². The third-order valence-electron chi connectivity index (χ3n) is 16.4. The van der Waals surface area contributed by atoms with Crippen molar-refractivity contribution in [2.75, 3.05) is 25.2 Å². The number of carbonyl (C=O) groups excluding carboxylic acids is 4. The van der Waals surface area contributed by atoms with Crippen molar-refractivity contribution in [2.45, 2.75) is 132 Å². The summed E-state index contributed by atoms with van der Waals surface area (Å²) in [6.45, 7) is 20.4. The molecule has 90 heavy (non-hydrogen) atoms. The van der Waals surface area contributed by atoms with Crippen LogP contribution in [0.15, 0.2) is 231 Å². The fourth-order valence-electron chi connectivity index (χ4n) is 10.7. The lowest BCUT2D eigenvalue weighted by atomic mass is 9.84. The molecule has 0 aliphatic carbocycles. The Balaban J connectivity index is 1.17. The zero-order valence-corrected chi connectivity index (χ0v) is 56.4. The van der Waals surface area contributed by atoms with Gasteiger partial charge in [-0.1, -0.05) is 254 Å². The standard InChI is InChI=1S/C76H91N3O8S2Si/c1-11-49-85-71(81)53-69(87-90(9,10)74(5,6)7)67(51-56(2)3)78-73(83)68(55-89-76(62-38-24-15-25-39-62,63-40-26-16-27-41-63)64-42-28-17-29-43-64)79-72(82)57(4)77-70(80)52-66(86-54-58-45-47-65(84-8)48-46-58)44-30-31-50-88-75(59-32-18-12-19-33-59,60-34-20-13-21-35-60)61-36-22-14-23-37-61/h11-30,32-48,56-57,66-69H,1,31,49-55H2,2-10H3,(H,77,80)(H,78,83)(H,79,82)/b44-30+/t57-,66-,67-,68-,69+/m1/s1. The van der Waals surface area contributed by atoms with Gasteiger partial charge in [-0.15, -0.1) is 23.5 Å². The highest BCUT2D eigenvalue weighted by atomic mass is 32.2. The van der Waals surface area contributed by atoms with Crippen LogP contribution in [0.2, 0.25) is 18.1 Å². The zero-order valence-electron chi connectivity index (χ0n) is 53.8. The number of esters is 1. The SMILES string of the molecule is C=CCOC(=O)C[C@H](O[Si](C)(C)C(C)(C)C)[C@@H](CC(C)C)NC(=O)[C@@H](CSC(c1ccccc1)(c1ccccc1)c1ccccc1)NC(=O)[C@@H](C)NC(=O)C[C@@H](/C=C/CCSC(c1ccccc1)(c1ccccc1)c1ccccc1)OCc1ccc(OC)cc1. The van der Waals surface area contributed by atoms with Gasteiger partial charge in [-0.3, -0.25) is 19.2 Å². The van der Waals surface area contributed by atoms with Gasteiger partial charge in [0.05, 0.1) is 54.3 Å². The summed E-state index contributed by atoms with van der Waals surface area (Å²) in [7, 11) is -0.951. The molecule has 0 bridgehead atoms. The molecule has 7 aromatic rings. The van der Waals surface area contributed by atoms with Crippen LogP contribution in [0.5, 0.6) is 5.75 Å². The second-order valence-corrected chi connectivity index (χ2v) is 31.8. The monoisotopic (exact) mass is 1270 g/mol. The minimum Gasteiger partial charge on any atom is -0.497 e. The molecule has 0 aliphatic heterocycles. The van der Waals surface area contributed by atoms with E-state index < -0.39 is 71.8 Å². The smallest absolute Gasteiger partial charge is 0.308 e. The molecule has 0 radical (unpaired) electrons. The van der Waals surface area contributed by atoms with Crippen molar-refractivity contribution in [1.82, 2.24) is 16.0 Å². The van der Waals surface area contributed by atoms with Gasteiger partial charge in [-0.2, -0.15) is 0 Å². The van der Waals surface area contributed by atoms with Crippen molar-refractivity contribution in [3.63, 3.8) is 0 Å². The van der Waals surface area contributed by atoms with E-state index in [1.165, 1.54) is 34.5 Å². The molecular weight excluding hydrogens is 1180 g/mol. The first-order valence-corrected chi connectivity index (χ1v) is 36.0. The quantitative estimate of drug-likeness (QED) is 0.0117. The second kappa shape index (κ2) is 34.1. The normalized spacial score (nSPS) is 13.8. The number of hydrogen-bond donors (Lipinski definition) is 3. The Morgan fingerprint density at radius 2 is 1.04 bits per heavy atom. The number of rotatable bonds is 34. The maximum atomic E-state index is 15.5. The van der Waals surface area contributed by atoms with Crippen LogP contribution in [0, 0.1) is 5.92 Å². The highest BCUT2D eigenvalue weighted by molar-refractivity contribution is 8.00. The molecule has 14 heteroatoms. The Morgan fingerprint density at radius 3 is 1.47 bits per heavy atom. The van der Waals surface area contributed by atoms with Crippen LogP contribution >= 0.6 is 23.5 Å². The van der Waals surface area contributed by atoms with Gasteiger partial charge in [0.1, 0.15) is 24.4 Å². The number of ether oxygens (including phenoxy) is 3. The summed E-state index contributed by atoms with van der Waals surface area (Å²) in [5.41, 5.74) is 7.36. The predicted molar refractivity (Wildman–Crippen MR) is 372 cm³/mol. The summed E-state index contributed by atoms with van der Waals surface area (Å²) in [6, 6.07) is 66.9. The Morgan fingerprint density at radius 1 is 0.589 bits per heavy atom. The van der Waals surface area contributed by atoms with E-state index in [1.54, 1.807) is 14.0 Å². The third-order valence-corrected chi connectivity index (χ3v) is 24.1. The van der Waals surface area contributed by atoms with Crippen LogP contribution in [-0.2, 0) is 49.2 Å². The average Bonchev–Trinajstić information content (AvgIpc) is 0.808. The van der Waals surface area contributed by atoms with Gasteiger partial charge in [-0.25, -0.2) is 0 Å². The number of carbonyl (C=O) groups is 4. The summed E-state index contributed by atoms with van der Waals surface area (Å²) < 4.78 is 23.2. The fraction of sp³-hybridized carbons (Fsp3) is 0.342. The first-order chi connectivity index (χ1) is 43.3. The molecule has 0 heterocycles. The van der Waals surface area contributed by atoms with Gasteiger partial charge in [0, 0.05) is 5.75 Å². The molecule has 0 unspecified atom stereocenters. The first-order valence-electron chi connectivity index (χ1n) is 31.2. The first kappa shape index (κ1) is 70.0. The number of nitrogens with one attached hydrogen (secondary N) is 3. The molecule has 0 saturated carbocycles. The predicted octanol–water partition coefficient (Wildman–Crippen LogP) is 15.4. The topological polar surface area (TPSA) is 141 Å². The Bertz CT molecular complexity index is 3160. The summed E-state index contributed by atoms with van der Waals surface area (Å²) in [5, 5.41) is 9.17.